The van der Waals surface area contributed by atoms with Crippen molar-refractivity contribution < 1.29 is 9.21 Å². The number of nitrogens with one attached hydrogen (secondary N) is 2. The standard InChI is InChI=1S/C14H10N4O2S/c15-7-9-3-4-11-12(6-9)21-14(17-11)18-13(19)16-8-10-2-1-5-20-10/h1-6H,8H2,(H2,16,17,18,19). The third kappa shape index (κ3) is 3.01. The molecule has 0 fully saturated rings. The summed E-state index contributed by atoms with van der Waals surface area (Å²) in [6, 6.07) is 10.5. The summed E-state index contributed by atoms with van der Waals surface area (Å²) in [7, 11) is 0. The van der Waals surface area contributed by atoms with Gasteiger partial charge in [0.25, 0.3) is 0 Å². The Balaban J connectivity index is 1.67. The number of benzene rings is 1. The summed E-state index contributed by atoms with van der Waals surface area (Å²) in [5.41, 5.74) is 1.32. The smallest absolute Gasteiger partial charge is 0.321 e. The molecule has 0 saturated heterocycles. The second-order valence-corrected chi connectivity index (χ2v) is 5.23. The number of nitrogens with zero attached hydrogens (tertiary/aromatic N) is 2. The number of nitriles is 1. The Bertz CT molecular complexity index is 817. The minimum Gasteiger partial charge on any atom is -0.467 e. The van der Waals surface area contributed by atoms with Crippen LogP contribution in [0.3, 0.4) is 0 Å². The molecular formula is C14H10N4O2S. The number of urea groups is 1. The topological polar surface area (TPSA) is 91.0 Å². The molecule has 3 aromatic rings. The number of amides is 2. The van der Waals surface area contributed by atoms with Crippen LogP contribution in [0.5, 0.6) is 0 Å². The highest BCUT2D eigenvalue weighted by Gasteiger charge is 2.08. The van der Waals surface area contributed by atoms with Gasteiger partial charge in [-0.2, -0.15) is 5.26 Å². The number of hydrogen-bond donors (Lipinski definition) is 2. The number of carbonyl (C=O) groups is 1. The Morgan fingerprint density at radius 2 is 2.33 bits per heavy atom. The molecule has 0 radical (unpaired) electrons. The minimum absolute atomic E-state index is 0.308. The monoisotopic (exact) mass is 298 g/mol. The average molecular weight is 298 g/mol. The first-order chi connectivity index (χ1) is 10.2. The fourth-order valence-corrected chi connectivity index (χ4v) is 2.67. The van der Waals surface area contributed by atoms with Gasteiger partial charge in [0.2, 0.25) is 0 Å². The normalized spacial score (nSPS) is 10.2. The number of hydrogen-bond acceptors (Lipinski definition) is 5. The van der Waals surface area contributed by atoms with Crippen LogP contribution in [0.15, 0.2) is 41.0 Å². The molecule has 2 aromatic heterocycles. The van der Waals surface area contributed by atoms with Crippen molar-refractivity contribution >= 4 is 32.7 Å². The Labute approximate surface area is 124 Å². The fraction of sp³-hybridized carbons (Fsp3) is 0.0714. The van der Waals surface area contributed by atoms with Gasteiger partial charge in [-0.1, -0.05) is 11.3 Å². The molecular weight excluding hydrogens is 288 g/mol. The molecule has 0 aliphatic heterocycles. The van der Waals surface area contributed by atoms with Crippen LogP contribution in [0, 0.1) is 11.3 Å². The summed E-state index contributed by atoms with van der Waals surface area (Å²) in [5.74, 6) is 0.674. The van der Waals surface area contributed by atoms with Crippen molar-refractivity contribution in [1.29, 1.82) is 5.26 Å². The van der Waals surface area contributed by atoms with Gasteiger partial charge in [-0.25, -0.2) is 9.78 Å². The first-order valence-corrected chi connectivity index (χ1v) is 6.94. The molecule has 2 amide bonds. The second kappa shape index (κ2) is 5.64. The second-order valence-electron chi connectivity index (χ2n) is 4.20. The van der Waals surface area contributed by atoms with Crippen molar-refractivity contribution in [3.05, 3.63) is 47.9 Å². The molecule has 21 heavy (non-hydrogen) atoms. The maximum atomic E-state index is 11.8. The molecule has 0 aliphatic carbocycles. The predicted molar refractivity (Wildman–Crippen MR) is 78.9 cm³/mol. The van der Waals surface area contributed by atoms with Crippen LogP contribution in [0.2, 0.25) is 0 Å². The van der Waals surface area contributed by atoms with Gasteiger partial charge >= 0.3 is 6.03 Å². The molecule has 3 rings (SSSR count). The van der Waals surface area contributed by atoms with E-state index >= 15 is 0 Å². The number of aromatic nitrogens is 1. The highest BCUT2D eigenvalue weighted by molar-refractivity contribution is 7.22. The molecule has 6 nitrogen and oxygen atoms in total. The van der Waals surface area contributed by atoms with Crippen LogP contribution in [-0.4, -0.2) is 11.0 Å². The van der Waals surface area contributed by atoms with Crippen molar-refractivity contribution in [3.63, 3.8) is 0 Å². The summed E-state index contributed by atoms with van der Waals surface area (Å²) in [4.78, 5) is 16.0. The Hall–Kier alpha value is -2.85. The van der Waals surface area contributed by atoms with Gasteiger partial charge in [0.15, 0.2) is 5.13 Å². The molecule has 0 bridgehead atoms. The lowest BCUT2D eigenvalue weighted by Gasteiger charge is -2.02. The van der Waals surface area contributed by atoms with E-state index in [0.717, 1.165) is 10.2 Å². The summed E-state index contributed by atoms with van der Waals surface area (Å²) in [5, 5.41) is 14.7. The number of furan rings is 1. The first kappa shape index (κ1) is 13.1. The van der Waals surface area contributed by atoms with Gasteiger partial charge in [0.1, 0.15) is 5.76 Å². The predicted octanol–water partition coefficient (Wildman–Crippen LogP) is 3.08. The first-order valence-electron chi connectivity index (χ1n) is 6.12. The van der Waals surface area contributed by atoms with E-state index in [1.54, 1.807) is 36.6 Å². The summed E-state index contributed by atoms with van der Waals surface area (Å²) in [6.45, 7) is 0.308. The zero-order valence-corrected chi connectivity index (χ0v) is 11.6. The van der Waals surface area contributed by atoms with Crippen LogP contribution < -0.4 is 10.6 Å². The van der Waals surface area contributed by atoms with Crippen LogP contribution in [0.25, 0.3) is 10.2 Å². The van der Waals surface area contributed by atoms with Crippen molar-refractivity contribution in [2.75, 3.05) is 5.32 Å². The quantitative estimate of drug-likeness (QED) is 0.777. The molecule has 0 spiro atoms. The zero-order valence-electron chi connectivity index (χ0n) is 10.8. The van der Waals surface area contributed by atoms with Crippen molar-refractivity contribution in [3.8, 4) is 6.07 Å². The third-order valence-corrected chi connectivity index (χ3v) is 3.67. The van der Waals surface area contributed by atoms with E-state index in [1.807, 2.05) is 0 Å². The molecule has 0 aliphatic rings. The van der Waals surface area contributed by atoms with Crippen molar-refractivity contribution in [2.45, 2.75) is 6.54 Å². The molecule has 0 saturated carbocycles. The molecule has 1 aromatic carbocycles. The van der Waals surface area contributed by atoms with Gasteiger partial charge in [-0.15, -0.1) is 0 Å². The SMILES string of the molecule is N#Cc1ccc2nc(NC(=O)NCc3ccco3)sc2c1. The van der Waals surface area contributed by atoms with Gasteiger partial charge in [0, 0.05) is 0 Å². The zero-order chi connectivity index (χ0) is 14.7. The molecule has 104 valence electrons. The Kier molecular flexibility index (Phi) is 3.53. The molecule has 0 unspecified atom stereocenters. The number of thiazole rings is 1. The third-order valence-electron chi connectivity index (χ3n) is 2.74. The van der Waals surface area contributed by atoms with E-state index < -0.39 is 0 Å². The number of fused-ring (bicyclic) bond motifs is 1. The van der Waals surface area contributed by atoms with Gasteiger partial charge < -0.3 is 9.73 Å². The molecule has 2 N–H and O–H groups in total. The Morgan fingerprint density at radius 1 is 1.43 bits per heavy atom. The van der Waals surface area contributed by atoms with E-state index in [4.69, 9.17) is 9.68 Å². The maximum absolute atomic E-state index is 11.8. The lowest BCUT2D eigenvalue weighted by molar-refractivity contribution is 0.251. The van der Waals surface area contributed by atoms with Crippen LogP contribution >= 0.6 is 11.3 Å². The number of anilines is 1. The van der Waals surface area contributed by atoms with Gasteiger partial charge in [-0.3, -0.25) is 5.32 Å². The number of carbonyl (C=O) groups excluding carboxylic acids is 1. The van der Waals surface area contributed by atoms with Crippen molar-refractivity contribution in [2.24, 2.45) is 0 Å². The highest BCUT2D eigenvalue weighted by atomic mass is 32.1. The fourth-order valence-electron chi connectivity index (χ4n) is 1.77. The molecule has 0 atom stereocenters. The Morgan fingerprint density at radius 3 is 3.10 bits per heavy atom. The van der Waals surface area contributed by atoms with E-state index in [9.17, 15) is 4.79 Å². The van der Waals surface area contributed by atoms with E-state index in [2.05, 4.69) is 21.7 Å². The van der Waals surface area contributed by atoms with Gasteiger partial charge in [-0.05, 0) is 30.3 Å². The summed E-state index contributed by atoms with van der Waals surface area (Å²) in [6.07, 6.45) is 1.55. The van der Waals surface area contributed by atoms with Crippen LogP contribution in [0.1, 0.15) is 11.3 Å². The average Bonchev–Trinajstić information content (AvgIpc) is 3.13. The van der Waals surface area contributed by atoms with Crippen LogP contribution in [-0.2, 0) is 6.54 Å². The molecule has 7 heteroatoms. The maximum Gasteiger partial charge on any atom is 0.321 e. The van der Waals surface area contributed by atoms with E-state index in [1.165, 1.54) is 11.3 Å². The van der Waals surface area contributed by atoms with Crippen molar-refractivity contribution in [1.82, 2.24) is 10.3 Å². The summed E-state index contributed by atoms with van der Waals surface area (Å²) >= 11 is 1.32. The highest BCUT2D eigenvalue weighted by Crippen LogP contribution is 2.26. The molecule has 2 heterocycles. The van der Waals surface area contributed by atoms with E-state index in [0.29, 0.717) is 23.0 Å². The lowest BCUT2D eigenvalue weighted by Crippen LogP contribution is -2.27. The summed E-state index contributed by atoms with van der Waals surface area (Å²) < 4.78 is 5.98. The van der Waals surface area contributed by atoms with E-state index in [-0.39, 0.29) is 6.03 Å². The number of rotatable bonds is 3. The van der Waals surface area contributed by atoms with Gasteiger partial charge in [0.05, 0.1) is 34.7 Å². The van der Waals surface area contributed by atoms with Crippen LogP contribution in [0.4, 0.5) is 9.93 Å². The minimum atomic E-state index is -0.356. The largest absolute Gasteiger partial charge is 0.467 e. The lowest BCUT2D eigenvalue weighted by atomic mass is 10.2.